The number of guanidine groups is 1. The summed E-state index contributed by atoms with van der Waals surface area (Å²) in [4.78, 5) is 4.67. The molecule has 0 fully saturated rings. The van der Waals surface area contributed by atoms with Gasteiger partial charge in [0.15, 0.2) is 5.96 Å². The number of phenolic OH excluding ortho intramolecular Hbond substituents is 1. The molecule has 0 saturated heterocycles. The first-order valence-electron chi connectivity index (χ1n) is 10.1. The average Bonchev–Trinajstić information content (AvgIpc) is 2.72. The number of aliphatic hydroxyl groups is 1. The van der Waals surface area contributed by atoms with Crippen molar-refractivity contribution in [2.24, 2.45) is 4.99 Å². The summed E-state index contributed by atoms with van der Waals surface area (Å²) in [5.41, 5.74) is 3.35. The summed E-state index contributed by atoms with van der Waals surface area (Å²) >= 11 is 0. The zero-order valence-electron chi connectivity index (χ0n) is 16.8. The Morgan fingerprint density at radius 1 is 1.07 bits per heavy atom. The lowest BCUT2D eigenvalue weighted by atomic mass is 9.88. The molecule has 3 rings (SSSR count). The van der Waals surface area contributed by atoms with Crippen molar-refractivity contribution in [3.05, 3.63) is 64.7 Å². The van der Waals surface area contributed by atoms with Crippen LogP contribution in [0.1, 0.15) is 48.9 Å². The Balaban J connectivity index is 1.73. The quantitative estimate of drug-likeness (QED) is 0.458. The van der Waals surface area contributed by atoms with E-state index in [1.165, 1.54) is 17.5 Å². The van der Waals surface area contributed by atoms with Gasteiger partial charge in [-0.15, -0.1) is 0 Å². The van der Waals surface area contributed by atoms with Crippen molar-refractivity contribution in [3.8, 4) is 5.75 Å². The van der Waals surface area contributed by atoms with Crippen molar-refractivity contribution < 1.29 is 10.2 Å². The van der Waals surface area contributed by atoms with Crippen molar-refractivity contribution in [3.63, 3.8) is 0 Å². The molecule has 5 nitrogen and oxygen atoms in total. The molecule has 0 bridgehead atoms. The molecule has 0 spiro atoms. The van der Waals surface area contributed by atoms with Gasteiger partial charge < -0.3 is 20.8 Å². The van der Waals surface area contributed by atoms with Crippen molar-refractivity contribution in [2.45, 2.75) is 51.7 Å². The van der Waals surface area contributed by atoms with E-state index in [4.69, 9.17) is 0 Å². The van der Waals surface area contributed by atoms with E-state index in [0.717, 1.165) is 36.9 Å². The van der Waals surface area contributed by atoms with Crippen molar-refractivity contribution in [2.75, 3.05) is 13.1 Å². The smallest absolute Gasteiger partial charge is 0.191 e. The maximum atomic E-state index is 10.8. The first-order valence-corrected chi connectivity index (χ1v) is 10.1. The van der Waals surface area contributed by atoms with Crippen LogP contribution in [0, 0.1) is 0 Å². The fourth-order valence-corrected chi connectivity index (χ4v) is 3.72. The van der Waals surface area contributed by atoms with Crippen LogP contribution in [-0.2, 0) is 25.0 Å². The Bertz CT molecular complexity index is 816. The highest BCUT2D eigenvalue weighted by Gasteiger charge is 2.23. The Labute approximate surface area is 167 Å². The third-order valence-corrected chi connectivity index (χ3v) is 5.36. The number of aliphatic imine (C=N–C) groups is 1. The minimum absolute atomic E-state index is 0.316. The molecule has 0 heterocycles. The van der Waals surface area contributed by atoms with Crippen LogP contribution in [0.4, 0.5) is 0 Å². The van der Waals surface area contributed by atoms with Gasteiger partial charge in [-0.2, -0.15) is 0 Å². The first kappa shape index (κ1) is 20.2. The minimum atomic E-state index is -1.01. The fraction of sp³-hybridized carbons (Fsp3) is 0.435. The number of nitrogens with one attached hydrogen (secondary N) is 2. The number of aromatic hydroxyl groups is 1. The number of nitrogens with zero attached hydrogens (tertiary/aromatic N) is 1. The van der Waals surface area contributed by atoms with E-state index in [1.54, 1.807) is 13.0 Å². The highest BCUT2D eigenvalue weighted by molar-refractivity contribution is 5.80. The van der Waals surface area contributed by atoms with E-state index in [9.17, 15) is 10.2 Å². The van der Waals surface area contributed by atoms with Crippen LogP contribution >= 0.6 is 0 Å². The molecule has 150 valence electrons. The summed E-state index contributed by atoms with van der Waals surface area (Å²) in [5.74, 6) is 0.947. The second kappa shape index (κ2) is 9.11. The molecule has 28 heavy (non-hydrogen) atoms. The van der Waals surface area contributed by atoms with Crippen LogP contribution in [0.5, 0.6) is 5.75 Å². The summed E-state index contributed by atoms with van der Waals surface area (Å²) in [6.07, 6.45) is 4.44. The fourth-order valence-electron chi connectivity index (χ4n) is 3.72. The Kier molecular flexibility index (Phi) is 6.57. The number of rotatable bonds is 6. The molecule has 1 atom stereocenters. The Hall–Kier alpha value is -2.53. The Morgan fingerprint density at radius 3 is 2.57 bits per heavy atom. The number of hydrogen-bond donors (Lipinski definition) is 4. The monoisotopic (exact) mass is 381 g/mol. The van der Waals surface area contributed by atoms with Crippen molar-refractivity contribution in [1.82, 2.24) is 10.6 Å². The van der Waals surface area contributed by atoms with Gasteiger partial charge in [0.25, 0.3) is 0 Å². The maximum absolute atomic E-state index is 10.8. The lowest BCUT2D eigenvalue weighted by Crippen LogP contribution is -2.44. The molecule has 4 N–H and O–H groups in total. The first-order chi connectivity index (χ1) is 13.5. The van der Waals surface area contributed by atoms with Crippen LogP contribution in [0.2, 0.25) is 0 Å². The van der Waals surface area contributed by atoms with Gasteiger partial charge in [-0.05, 0) is 62.3 Å². The molecule has 2 aromatic carbocycles. The van der Waals surface area contributed by atoms with Gasteiger partial charge in [-0.1, -0.05) is 36.4 Å². The topological polar surface area (TPSA) is 76.9 Å². The third-order valence-electron chi connectivity index (χ3n) is 5.36. The third kappa shape index (κ3) is 4.84. The van der Waals surface area contributed by atoms with E-state index in [-0.39, 0.29) is 0 Å². The lowest BCUT2D eigenvalue weighted by molar-refractivity contribution is 0.0617. The average molecular weight is 382 g/mol. The largest absolute Gasteiger partial charge is 0.508 e. The molecule has 0 saturated carbocycles. The van der Waals surface area contributed by atoms with E-state index < -0.39 is 5.60 Å². The van der Waals surface area contributed by atoms with E-state index >= 15 is 0 Å². The predicted octanol–water partition coefficient (Wildman–Crippen LogP) is 3.23. The molecular weight excluding hydrogens is 350 g/mol. The van der Waals surface area contributed by atoms with E-state index in [1.807, 2.05) is 43.3 Å². The summed E-state index contributed by atoms with van der Waals surface area (Å²) in [6.45, 7) is 5.27. The SMILES string of the molecule is CCNC(=NCc1c(O)ccc2c1CCCC2)NCC(C)(O)c1ccccc1. The van der Waals surface area contributed by atoms with E-state index in [2.05, 4.69) is 15.6 Å². The van der Waals surface area contributed by atoms with Gasteiger partial charge in [0, 0.05) is 12.1 Å². The summed E-state index contributed by atoms with van der Waals surface area (Å²) in [6, 6.07) is 13.4. The van der Waals surface area contributed by atoms with Gasteiger partial charge in [0.05, 0.1) is 13.1 Å². The minimum Gasteiger partial charge on any atom is -0.508 e. The van der Waals surface area contributed by atoms with Crippen LogP contribution in [-0.4, -0.2) is 29.3 Å². The summed E-state index contributed by atoms with van der Waals surface area (Å²) < 4.78 is 0. The molecule has 0 aliphatic heterocycles. The van der Waals surface area contributed by atoms with Crippen LogP contribution < -0.4 is 10.6 Å². The molecule has 0 amide bonds. The van der Waals surface area contributed by atoms with Crippen molar-refractivity contribution in [1.29, 1.82) is 0 Å². The standard InChI is InChI=1S/C23H31N3O2/c1-3-24-22(26-16-23(2,28)18-10-5-4-6-11-18)25-15-20-19-12-8-7-9-17(19)13-14-21(20)27/h4-6,10-11,13-14,27-28H,3,7-9,12,15-16H2,1-2H3,(H2,24,25,26). The van der Waals surface area contributed by atoms with Gasteiger partial charge in [-0.3, -0.25) is 0 Å². The Morgan fingerprint density at radius 2 is 1.82 bits per heavy atom. The summed E-state index contributed by atoms with van der Waals surface area (Å²) in [5, 5.41) is 27.6. The second-order valence-electron chi connectivity index (χ2n) is 7.60. The number of fused-ring (bicyclic) bond motifs is 1. The van der Waals surface area contributed by atoms with Crippen molar-refractivity contribution >= 4 is 5.96 Å². The highest BCUT2D eigenvalue weighted by Crippen LogP contribution is 2.31. The zero-order chi connectivity index (χ0) is 20.0. The van der Waals surface area contributed by atoms with Gasteiger partial charge in [0.2, 0.25) is 0 Å². The van der Waals surface area contributed by atoms with Gasteiger partial charge in [-0.25, -0.2) is 4.99 Å². The number of benzene rings is 2. The maximum Gasteiger partial charge on any atom is 0.191 e. The number of phenols is 1. The molecule has 5 heteroatoms. The normalized spacial score (nSPS) is 16.2. The van der Waals surface area contributed by atoms with Crippen LogP contribution in [0.25, 0.3) is 0 Å². The molecular formula is C23H31N3O2. The molecule has 0 aromatic heterocycles. The number of hydrogen-bond acceptors (Lipinski definition) is 3. The van der Waals surface area contributed by atoms with Gasteiger partial charge >= 0.3 is 0 Å². The molecule has 1 aliphatic rings. The lowest BCUT2D eigenvalue weighted by Gasteiger charge is -2.25. The molecule has 2 aromatic rings. The summed E-state index contributed by atoms with van der Waals surface area (Å²) in [7, 11) is 0. The molecule has 1 unspecified atom stereocenters. The van der Waals surface area contributed by atoms with Gasteiger partial charge in [0.1, 0.15) is 11.4 Å². The highest BCUT2D eigenvalue weighted by atomic mass is 16.3. The molecule has 1 aliphatic carbocycles. The predicted molar refractivity (Wildman–Crippen MR) is 114 cm³/mol. The van der Waals surface area contributed by atoms with E-state index in [0.29, 0.717) is 24.8 Å². The van der Waals surface area contributed by atoms with Crippen LogP contribution in [0.15, 0.2) is 47.5 Å². The molecule has 0 radical (unpaired) electrons. The zero-order valence-corrected chi connectivity index (χ0v) is 16.8. The number of aryl methyl sites for hydroxylation is 1. The second-order valence-corrected chi connectivity index (χ2v) is 7.60. The van der Waals surface area contributed by atoms with Crippen LogP contribution in [0.3, 0.4) is 0 Å².